The van der Waals surface area contributed by atoms with E-state index in [4.69, 9.17) is 22.9 Å². The molecule has 0 bridgehead atoms. The van der Waals surface area contributed by atoms with Crippen LogP contribution in [0.3, 0.4) is 0 Å². The number of hydrogen-bond acceptors (Lipinski definition) is 9. The van der Waals surface area contributed by atoms with Crippen LogP contribution in [-0.4, -0.2) is 49.6 Å². The summed E-state index contributed by atoms with van der Waals surface area (Å²) in [4.78, 5) is 24.1. The standard InChI is InChI=1S/C9H18O9Si/c1-5-9(10)14-7-6-8-15-19(16-11-2,17-12-3)18-13-4/h5H,1,6-8H2,2-4H3. The lowest BCUT2D eigenvalue weighted by molar-refractivity contribution is -0.370. The molecule has 19 heavy (non-hydrogen) atoms. The molecule has 10 heteroatoms. The Morgan fingerprint density at radius 1 is 1.05 bits per heavy atom. The highest BCUT2D eigenvalue weighted by atomic mass is 28.4. The zero-order valence-corrected chi connectivity index (χ0v) is 12.1. The number of esters is 1. The Labute approximate surface area is 112 Å². The van der Waals surface area contributed by atoms with Gasteiger partial charge in [-0.1, -0.05) is 6.58 Å². The third-order valence-corrected chi connectivity index (χ3v) is 3.20. The summed E-state index contributed by atoms with van der Waals surface area (Å²) in [6.07, 6.45) is 1.44. The van der Waals surface area contributed by atoms with Crippen molar-refractivity contribution < 1.29 is 42.4 Å². The van der Waals surface area contributed by atoms with Gasteiger partial charge in [0, 0.05) is 19.1 Å². The first-order chi connectivity index (χ1) is 9.14. The largest absolute Gasteiger partial charge is 0.764 e. The average Bonchev–Trinajstić information content (AvgIpc) is 2.39. The molecule has 112 valence electrons. The Morgan fingerprint density at radius 3 is 2.00 bits per heavy atom. The van der Waals surface area contributed by atoms with Gasteiger partial charge in [-0.3, -0.25) is 0 Å². The number of carbonyl (C=O) groups excluding carboxylic acids is 1. The molecular formula is C9H18O9Si. The van der Waals surface area contributed by atoms with Gasteiger partial charge in [-0.05, 0) is 0 Å². The maximum Gasteiger partial charge on any atom is 0.764 e. The highest BCUT2D eigenvalue weighted by Crippen LogP contribution is 2.13. The number of carbonyl (C=O) groups is 1. The van der Waals surface area contributed by atoms with E-state index < -0.39 is 15.0 Å². The van der Waals surface area contributed by atoms with Gasteiger partial charge in [0.2, 0.25) is 0 Å². The predicted octanol–water partition coefficient (Wildman–Crippen LogP) is 0.292. The van der Waals surface area contributed by atoms with E-state index in [1.807, 2.05) is 0 Å². The molecule has 0 aliphatic carbocycles. The van der Waals surface area contributed by atoms with Gasteiger partial charge in [-0.2, -0.15) is 13.7 Å². The SMILES string of the molecule is C=CC(=O)OCCCO[Si](OOC)(OOC)OOC. The van der Waals surface area contributed by atoms with Gasteiger partial charge < -0.3 is 9.16 Å². The minimum Gasteiger partial charge on any atom is -0.462 e. The Kier molecular flexibility index (Phi) is 10.5. The zero-order valence-electron chi connectivity index (χ0n) is 11.1. The highest BCUT2D eigenvalue weighted by molar-refractivity contribution is 6.52. The number of ether oxygens (including phenoxy) is 1. The van der Waals surface area contributed by atoms with E-state index in [9.17, 15) is 4.79 Å². The van der Waals surface area contributed by atoms with Gasteiger partial charge in [0.15, 0.2) is 0 Å². The topological polar surface area (TPSA) is 90.9 Å². The predicted molar refractivity (Wildman–Crippen MR) is 61.8 cm³/mol. The van der Waals surface area contributed by atoms with Crippen molar-refractivity contribution in [2.24, 2.45) is 0 Å². The van der Waals surface area contributed by atoms with Crippen LogP contribution in [0.2, 0.25) is 0 Å². The van der Waals surface area contributed by atoms with E-state index in [1.54, 1.807) is 0 Å². The third-order valence-electron chi connectivity index (χ3n) is 1.53. The van der Waals surface area contributed by atoms with Crippen molar-refractivity contribution in [1.82, 2.24) is 0 Å². The molecule has 0 aliphatic rings. The first-order valence-corrected chi connectivity index (χ1v) is 6.86. The van der Waals surface area contributed by atoms with Gasteiger partial charge in [-0.25, -0.2) is 19.5 Å². The Morgan fingerprint density at radius 2 is 1.58 bits per heavy atom. The van der Waals surface area contributed by atoms with Gasteiger partial charge in [-0.15, -0.1) is 0 Å². The molecule has 9 nitrogen and oxygen atoms in total. The summed E-state index contributed by atoms with van der Waals surface area (Å²) in [7, 11) is 0.0268. The van der Waals surface area contributed by atoms with Gasteiger partial charge in [0.1, 0.15) is 0 Å². The fourth-order valence-electron chi connectivity index (χ4n) is 0.908. The number of hydrogen-bond donors (Lipinski definition) is 0. The maximum atomic E-state index is 10.8. The molecule has 0 unspecified atom stereocenters. The molecule has 0 aromatic carbocycles. The molecule has 0 rings (SSSR count). The summed E-state index contributed by atoms with van der Waals surface area (Å²) in [5.74, 6) is -0.516. The summed E-state index contributed by atoms with van der Waals surface area (Å²) < 4.78 is 24.3. The fraction of sp³-hybridized carbons (Fsp3) is 0.667. The van der Waals surface area contributed by atoms with Crippen LogP contribution in [0.5, 0.6) is 0 Å². The summed E-state index contributed by atoms with van der Waals surface area (Å²) in [6, 6.07) is 0. The highest BCUT2D eigenvalue weighted by Gasteiger charge is 2.51. The molecule has 0 N–H and O–H groups in total. The fourth-order valence-corrected chi connectivity index (χ4v) is 2.14. The van der Waals surface area contributed by atoms with Crippen molar-refractivity contribution >= 4 is 15.0 Å². The van der Waals surface area contributed by atoms with E-state index in [0.717, 1.165) is 6.08 Å². The second-order valence-electron chi connectivity index (χ2n) is 2.82. The Balaban J connectivity index is 4.09. The summed E-state index contributed by atoms with van der Waals surface area (Å²) in [5.41, 5.74) is 0. The molecule has 0 amide bonds. The number of rotatable bonds is 12. The van der Waals surface area contributed by atoms with Crippen LogP contribution in [0.4, 0.5) is 0 Å². The van der Waals surface area contributed by atoms with E-state index in [0.29, 0.717) is 6.42 Å². The van der Waals surface area contributed by atoms with Crippen molar-refractivity contribution in [2.45, 2.75) is 6.42 Å². The average molecular weight is 298 g/mol. The molecule has 0 fully saturated rings. The lowest BCUT2D eigenvalue weighted by Gasteiger charge is -2.22. The van der Waals surface area contributed by atoms with E-state index in [2.05, 4.69) is 21.2 Å². The second-order valence-corrected chi connectivity index (χ2v) is 4.61. The maximum absolute atomic E-state index is 10.8. The molecule has 0 atom stereocenters. The van der Waals surface area contributed by atoms with Crippen molar-refractivity contribution in [3.05, 3.63) is 12.7 Å². The van der Waals surface area contributed by atoms with Crippen molar-refractivity contribution in [3.63, 3.8) is 0 Å². The molecule has 0 aliphatic heterocycles. The van der Waals surface area contributed by atoms with Gasteiger partial charge in [0.25, 0.3) is 0 Å². The van der Waals surface area contributed by atoms with Crippen LogP contribution in [0.1, 0.15) is 6.42 Å². The molecule has 0 aromatic rings. The van der Waals surface area contributed by atoms with Crippen LogP contribution < -0.4 is 0 Å². The van der Waals surface area contributed by atoms with E-state index in [1.165, 1.54) is 21.3 Å². The minimum atomic E-state index is -3.71. The van der Waals surface area contributed by atoms with Crippen LogP contribution in [0.25, 0.3) is 0 Å². The monoisotopic (exact) mass is 298 g/mol. The molecule has 0 saturated heterocycles. The first-order valence-electron chi connectivity index (χ1n) is 5.22. The van der Waals surface area contributed by atoms with Crippen LogP contribution in [0, 0.1) is 0 Å². The van der Waals surface area contributed by atoms with Gasteiger partial charge in [0.05, 0.1) is 27.9 Å². The lowest BCUT2D eigenvalue weighted by atomic mass is 10.5. The van der Waals surface area contributed by atoms with Crippen LogP contribution in [-0.2, 0) is 42.4 Å². The van der Waals surface area contributed by atoms with Crippen molar-refractivity contribution in [2.75, 3.05) is 34.5 Å². The van der Waals surface area contributed by atoms with Crippen molar-refractivity contribution in [3.8, 4) is 0 Å². The quantitative estimate of drug-likeness (QED) is 0.126. The third kappa shape index (κ3) is 8.02. The summed E-state index contributed by atoms with van der Waals surface area (Å²) in [5, 5.41) is 0. The van der Waals surface area contributed by atoms with Gasteiger partial charge >= 0.3 is 15.0 Å². The summed E-state index contributed by atoms with van der Waals surface area (Å²) >= 11 is 0. The normalized spacial score (nSPS) is 11.3. The van der Waals surface area contributed by atoms with E-state index >= 15 is 0 Å². The minimum absolute atomic E-state index is 0.104. The molecule has 0 spiro atoms. The van der Waals surface area contributed by atoms with Crippen LogP contribution >= 0.6 is 0 Å². The molecular weight excluding hydrogens is 280 g/mol. The smallest absolute Gasteiger partial charge is 0.462 e. The molecule has 0 aromatic heterocycles. The Bertz CT molecular complexity index is 243. The second kappa shape index (κ2) is 11.0. The molecule has 0 radical (unpaired) electrons. The summed E-state index contributed by atoms with van der Waals surface area (Å²) in [6.45, 7) is 3.51. The Hall–Kier alpha value is -0.853. The lowest BCUT2D eigenvalue weighted by Crippen LogP contribution is -2.49. The molecule has 0 saturated carbocycles. The van der Waals surface area contributed by atoms with Crippen molar-refractivity contribution in [1.29, 1.82) is 0 Å². The van der Waals surface area contributed by atoms with Crippen LogP contribution in [0.15, 0.2) is 12.7 Å². The zero-order chi connectivity index (χ0) is 14.6. The molecule has 0 heterocycles. The first kappa shape index (κ1) is 18.1. The van der Waals surface area contributed by atoms with E-state index in [-0.39, 0.29) is 13.2 Å².